The Labute approximate surface area is 135 Å². The van der Waals surface area contributed by atoms with Crippen LogP contribution in [0, 0.1) is 5.82 Å². The van der Waals surface area contributed by atoms with Crippen molar-refractivity contribution < 1.29 is 4.39 Å². The lowest BCUT2D eigenvalue weighted by Crippen LogP contribution is -2.59. The van der Waals surface area contributed by atoms with Gasteiger partial charge in [0.25, 0.3) is 0 Å². The molecule has 0 spiro atoms. The Balaban J connectivity index is 2.12. The molecule has 118 valence electrons. The summed E-state index contributed by atoms with van der Waals surface area (Å²) in [6, 6.07) is 6.18. The summed E-state index contributed by atoms with van der Waals surface area (Å²) in [5.41, 5.74) is 1.16. The predicted molar refractivity (Wildman–Crippen MR) is 89.2 cm³/mol. The molecule has 0 bridgehead atoms. The number of piperazine rings is 1. The van der Waals surface area contributed by atoms with Crippen molar-refractivity contribution in [2.45, 2.75) is 25.4 Å². The summed E-state index contributed by atoms with van der Waals surface area (Å²) in [7, 11) is 4.38. The summed E-state index contributed by atoms with van der Waals surface area (Å²) in [4.78, 5) is 4.82. The van der Waals surface area contributed by atoms with Crippen LogP contribution in [0.4, 0.5) is 4.39 Å². The molecule has 1 aliphatic rings. The van der Waals surface area contributed by atoms with Crippen molar-refractivity contribution in [3.63, 3.8) is 0 Å². The minimum absolute atomic E-state index is 0.201. The molecule has 5 heteroatoms. The minimum Gasteiger partial charge on any atom is -0.312 e. The quantitative estimate of drug-likeness (QED) is 0.872. The highest BCUT2D eigenvalue weighted by molar-refractivity contribution is 9.10. The minimum atomic E-state index is -0.201. The summed E-state index contributed by atoms with van der Waals surface area (Å²) < 4.78 is 13.9. The maximum Gasteiger partial charge on any atom is 0.137 e. The van der Waals surface area contributed by atoms with Crippen LogP contribution in [0.3, 0.4) is 0 Å². The number of hydrogen-bond donors (Lipinski definition) is 1. The lowest BCUT2D eigenvalue weighted by molar-refractivity contribution is 0.0881. The lowest BCUT2D eigenvalue weighted by atomic mass is 9.96. The first kappa shape index (κ1) is 16.9. The Morgan fingerprint density at radius 1 is 1.38 bits per heavy atom. The first-order chi connectivity index (χ1) is 10.0. The number of nitrogens with zero attached hydrogens (tertiary/aromatic N) is 2. The van der Waals surface area contributed by atoms with E-state index in [1.54, 1.807) is 6.07 Å². The second kappa shape index (κ2) is 7.68. The van der Waals surface area contributed by atoms with Gasteiger partial charge in [0.1, 0.15) is 5.82 Å². The molecule has 0 aromatic heterocycles. The third-order valence-corrected chi connectivity index (χ3v) is 4.88. The Bertz CT molecular complexity index is 469. The van der Waals surface area contributed by atoms with Gasteiger partial charge >= 0.3 is 0 Å². The van der Waals surface area contributed by atoms with E-state index in [0.29, 0.717) is 16.6 Å². The third-order valence-electron chi connectivity index (χ3n) is 4.27. The molecule has 0 saturated carbocycles. The van der Waals surface area contributed by atoms with Gasteiger partial charge in [-0.25, -0.2) is 4.39 Å². The predicted octanol–water partition coefficient (Wildman–Crippen LogP) is 2.35. The van der Waals surface area contributed by atoms with E-state index >= 15 is 0 Å². The fourth-order valence-corrected chi connectivity index (χ4v) is 3.43. The molecule has 1 aromatic carbocycles. The smallest absolute Gasteiger partial charge is 0.137 e. The van der Waals surface area contributed by atoms with Gasteiger partial charge < -0.3 is 10.2 Å². The molecule has 1 aliphatic heterocycles. The zero-order chi connectivity index (χ0) is 15.4. The maximum absolute atomic E-state index is 13.4. The van der Waals surface area contributed by atoms with E-state index in [-0.39, 0.29) is 5.82 Å². The average molecular weight is 358 g/mol. The number of likely N-dealkylation sites (N-methyl/N-ethyl adjacent to an activating group) is 3. The van der Waals surface area contributed by atoms with E-state index in [1.165, 1.54) is 0 Å². The molecule has 0 amide bonds. The van der Waals surface area contributed by atoms with Crippen LogP contribution < -0.4 is 5.32 Å². The SMILES string of the molecule is CCNC(Cc1ccc(F)c(Br)c1)C1CN(C)CCN1C. The first-order valence-electron chi connectivity index (χ1n) is 7.57. The molecule has 21 heavy (non-hydrogen) atoms. The number of rotatable bonds is 5. The first-order valence-corrected chi connectivity index (χ1v) is 8.36. The summed E-state index contributed by atoms with van der Waals surface area (Å²) in [5.74, 6) is -0.201. The zero-order valence-electron chi connectivity index (χ0n) is 13.1. The van der Waals surface area contributed by atoms with Crippen molar-refractivity contribution in [3.8, 4) is 0 Å². The van der Waals surface area contributed by atoms with Crippen molar-refractivity contribution in [1.82, 2.24) is 15.1 Å². The molecule has 0 aliphatic carbocycles. The molecule has 0 radical (unpaired) electrons. The second-order valence-electron chi connectivity index (χ2n) is 5.93. The fraction of sp³-hybridized carbons (Fsp3) is 0.625. The van der Waals surface area contributed by atoms with Crippen LogP contribution in [0.25, 0.3) is 0 Å². The van der Waals surface area contributed by atoms with Gasteiger partial charge in [-0.15, -0.1) is 0 Å². The molecule has 2 rings (SSSR count). The topological polar surface area (TPSA) is 18.5 Å². The molecule has 3 nitrogen and oxygen atoms in total. The highest BCUT2D eigenvalue weighted by Crippen LogP contribution is 2.20. The van der Waals surface area contributed by atoms with E-state index < -0.39 is 0 Å². The van der Waals surface area contributed by atoms with Crippen LogP contribution in [0.2, 0.25) is 0 Å². The Morgan fingerprint density at radius 3 is 2.81 bits per heavy atom. The zero-order valence-corrected chi connectivity index (χ0v) is 14.7. The molecule has 1 aromatic rings. The third kappa shape index (κ3) is 4.49. The van der Waals surface area contributed by atoms with Crippen molar-refractivity contribution in [2.24, 2.45) is 0 Å². The largest absolute Gasteiger partial charge is 0.312 e. The Morgan fingerprint density at radius 2 is 2.14 bits per heavy atom. The van der Waals surface area contributed by atoms with E-state index in [9.17, 15) is 4.39 Å². The van der Waals surface area contributed by atoms with Gasteiger partial charge in [-0.2, -0.15) is 0 Å². The number of benzene rings is 1. The number of nitrogens with one attached hydrogen (secondary N) is 1. The van der Waals surface area contributed by atoms with E-state index in [2.05, 4.69) is 52.1 Å². The van der Waals surface area contributed by atoms with Crippen LogP contribution in [-0.4, -0.2) is 62.2 Å². The highest BCUT2D eigenvalue weighted by atomic mass is 79.9. The second-order valence-corrected chi connectivity index (χ2v) is 6.78. The summed E-state index contributed by atoms with van der Waals surface area (Å²) in [6.45, 7) is 6.36. The summed E-state index contributed by atoms with van der Waals surface area (Å²) >= 11 is 3.28. The maximum atomic E-state index is 13.4. The van der Waals surface area contributed by atoms with Crippen molar-refractivity contribution in [1.29, 1.82) is 0 Å². The van der Waals surface area contributed by atoms with Crippen LogP contribution in [0.1, 0.15) is 12.5 Å². The van der Waals surface area contributed by atoms with Gasteiger partial charge in [-0.1, -0.05) is 13.0 Å². The monoisotopic (exact) mass is 357 g/mol. The van der Waals surface area contributed by atoms with Gasteiger partial charge in [-0.05, 0) is 60.7 Å². The van der Waals surface area contributed by atoms with Crippen LogP contribution in [0.15, 0.2) is 22.7 Å². The molecule has 1 saturated heterocycles. The lowest BCUT2D eigenvalue weighted by Gasteiger charge is -2.42. The van der Waals surface area contributed by atoms with Gasteiger partial charge in [0.2, 0.25) is 0 Å². The van der Waals surface area contributed by atoms with Gasteiger partial charge in [-0.3, -0.25) is 4.90 Å². The van der Waals surface area contributed by atoms with Crippen LogP contribution >= 0.6 is 15.9 Å². The van der Waals surface area contributed by atoms with Crippen LogP contribution in [0.5, 0.6) is 0 Å². The molecule has 1 heterocycles. The van der Waals surface area contributed by atoms with E-state index in [4.69, 9.17) is 0 Å². The van der Waals surface area contributed by atoms with Crippen molar-refractivity contribution in [3.05, 3.63) is 34.1 Å². The van der Waals surface area contributed by atoms with E-state index in [1.807, 2.05) is 12.1 Å². The average Bonchev–Trinajstić information content (AvgIpc) is 2.45. The standard InChI is InChI=1S/C16H25BrFN3/c1-4-19-15(16-11-20(2)7-8-21(16)3)10-12-5-6-14(18)13(17)9-12/h5-6,9,15-16,19H,4,7-8,10-11H2,1-3H3. The molecular formula is C16H25BrFN3. The molecule has 1 N–H and O–H groups in total. The molecule has 1 fully saturated rings. The number of halogens is 2. The Kier molecular flexibility index (Phi) is 6.17. The highest BCUT2D eigenvalue weighted by Gasteiger charge is 2.29. The summed E-state index contributed by atoms with van der Waals surface area (Å²) in [5, 5.41) is 3.61. The number of hydrogen-bond acceptors (Lipinski definition) is 3. The van der Waals surface area contributed by atoms with Gasteiger partial charge in [0, 0.05) is 31.7 Å². The van der Waals surface area contributed by atoms with Crippen molar-refractivity contribution in [2.75, 3.05) is 40.3 Å². The van der Waals surface area contributed by atoms with Crippen molar-refractivity contribution >= 4 is 15.9 Å². The molecule has 2 atom stereocenters. The summed E-state index contributed by atoms with van der Waals surface area (Å²) in [6.07, 6.45) is 0.912. The normalized spacial score (nSPS) is 22.4. The van der Waals surface area contributed by atoms with E-state index in [0.717, 1.165) is 38.2 Å². The fourth-order valence-electron chi connectivity index (χ4n) is 3.01. The molecule has 2 unspecified atom stereocenters. The van der Waals surface area contributed by atoms with Crippen LogP contribution in [-0.2, 0) is 6.42 Å². The molecular weight excluding hydrogens is 333 g/mol. The van der Waals surface area contributed by atoms with Gasteiger partial charge in [0.05, 0.1) is 4.47 Å². The Hall–Kier alpha value is -0.490. The van der Waals surface area contributed by atoms with Gasteiger partial charge in [0.15, 0.2) is 0 Å².